The molecule has 0 aromatic heterocycles. The van der Waals surface area contributed by atoms with Gasteiger partial charge in [-0.05, 0) is 106 Å². The summed E-state index contributed by atoms with van der Waals surface area (Å²) in [5, 5.41) is 41.0. The first kappa shape index (κ1) is 25.4. The van der Waals surface area contributed by atoms with Gasteiger partial charge in [-0.25, -0.2) is 0 Å². The molecule has 0 radical (unpaired) electrons. The average molecular weight is 482 g/mol. The summed E-state index contributed by atoms with van der Waals surface area (Å²) in [5.41, 5.74) is 7.40. The van der Waals surface area contributed by atoms with Crippen LogP contribution in [0.5, 0.6) is 0 Å². The second kappa shape index (κ2) is 8.64. The number of nitrogens with two attached hydrogens (primary N) is 1. The van der Waals surface area contributed by atoms with E-state index in [1.54, 1.807) is 6.92 Å². The predicted octanol–water partition coefficient (Wildman–Crippen LogP) is 2.32. The SMILES string of the molecule is C[C@H](O)[C@H]1CC[C@@]2(N)C3CC[C@H]4C[C@H](O[C@@H]5O[C@@H](C)[C@H](O)[C@@H](O)[C@H]5O)CC[C@]4(C)C3CC[C@]12C. The molecule has 4 aliphatic carbocycles. The zero-order chi connectivity index (χ0) is 24.6. The highest BCUT2D eigenvalue weighted by atomic mass is 16.7. The molecule has 7 nitrogen and oxygen atoms in total. The molecule has 2 unspecified atom stereocenters. The van der Waals surface area contributed by atoms with E-state index in [-0.39, 0.29) is 28.6 Å². The first-order valence-corrected chi connectivity index (χ1v) is 13.7. The fourth-order valence-corrected chi connectivity index (χ4v) is 9.54. The number of fused-ring (bicyclic) bond motifs is 5. The van der Waals surface area contributed by atoms with E-state index in [4.69, 9.17) is 15.2 Å². The fraction of sp³-hybridized carbons (Fsp3) is 1.00. The van der Waals surface area contributed by atoms with Crippen molar-refractivity contribution in [3.8, 4) is 0 Å². The van der Waals surface area contributed by atoms with Crippen LogP contribution < -0.4 is 5.73 Å². The molecule has 1 heterocycles. The molecule has 0 bridgehead atoms. The van der Waals surface area contributed by atoms with E-state index in [1.165, 1.54) is 6.42 Å². The van der Waals surface area contributed by atoms with E-state index < -0.39 is 30.7 Å². The average Bonchev–Trinajstić information content (AvgIpc) is 3.07. The number of aliphatic hydroxyl groups is 4. The number of aliphatic hydroxyl groups excluding tert-OH is 4. The first-order chi connectivity index (χ1) is 15.9. The van der Waals surface area contributed by atoms with Gasteiger partial charge in [0.2, 0.25) is 0 Å². The maximum absolute atomic E-state index is 10.5. The van der Waals surface area contributed by atoms with Gasteiger partial charge in [0.05, 0.1) is 18.3 Å². The molecular weight excluding hydrogens is 434 g/mol. The minimum absolute atomic E-state index is 0.0163. The maximum Gasteiger partial charge on any atom is 0.186 e. The van der Waals surface area contributed by atoms with Crippen LogP contribution in [0.2, 0.25) is 0 Å². The molecule has 1 saturated heterocycles. The van der Waals surface area contributed by atoms with Crippen molar-refractivity contribution in [2.75, 3.05) is 0 Å². The Morgan fingerprint density at radius 3 is 2.35 bits per heavy atom. The summed E-state index contributed by atoms with van der Waals surface area (Å²) in [6.07, 6.45) is 4.12. The van der Waals surface area contributed by atoms with Crippen LogP contribution in [0, 0.1) is 34.5 Å². The molecule has 1 aliphatic heterocycles. The second-order valence-electron chi connectivity index (χ2n) is 13.1. The van der Waals surface area contributed by atoms with E-state index in [0.717, 1.165) is 51.4 Å². The van der Waals surface area contributed by atoms with Gasteiger partial charge in [-0.15, -0.1) is 0 Å². The Hall–Kier alpha value is -0.280. The zero-order valence-electron chi connectivity index (χ0n) is 21.4. The lowest BCUT2D eigenvalue weighted by atomic mass is 9.42. The normalized spacial score (nSPS) is 58.5. The van der Waals surface area contributed by atoms with Gasteiger partial charge in [-0.1, -0.05) is 13.8 Å². The number of hydrogen-bond donors (Lipinski definition) is 5. The second-order valence-corrected chi connectivity index (χ2v) is 13.1. The Bertz CT molecular complexity index is 765. The van der Waals surface area contributed by atoms with Crippen LogP contribution in [0.4, 0.5) is 0 Å². The van der Waals surface area contributed by atoms with Gasteiger partial charge in [-0.2, -0.15) is 0 Å². The molecular formula is C27H47NO6. The summed E-state index contributed by atoms with van der Waals surface area (Å²) in [5.74, 6) is 1.95. The summed E-state index contributed by atoms with van der Waals surface area (Å²) in [6.45, 7) is 8.47. The van der Waals surface area contributed by atoms with Crippen molar-refractivity contribution in [3.63, 3.8) is 0 Å². The topological polar surface area (TPSA) is 125 Å². The quantitative estimate of drug-likeness (QED) is 0.392. The first-order valence-electron chi connectivity index (χ1n) is 13.7. The molecule has 196 valence electrons. The Kier molecular flexibility index (Phi) is 6.45. The third-order valence-corrected chi connectivity index (χ3v) is 11.7. The lowest BCUT2D eigenvalue weighted by Crippen LogP contribution is -2.67. The van der Waals surface area contributed by atoms with Crippen molar-refractivity contribution in [1.82, 2.24) is 0 Å². The van der Waals surface area contributed by atoms with Crippen LogP contribution in [0.3, 0.4) is 0 Å². The number of ether oxygens (including phenoxy) is 2. The lowest BCUT2D eigenvalue weighted by molar-refractivity contribution is -0.309. The number of hydrogen-bond acceptors (Lipinski definition) is 7. The van der Waals surface area contributed by atoms with Crippen molar-refractivity contribution in [3.05, 3.63) is 0 Å². The monoisotopic (exact) mass is 481 g/mol. The fourth-order valence-electron chi connectivity index (χ4n) is 9.54. The summed E-state index contributed by atoms with van der Waals surface area (Å²) in [7, 11) is 0. The lowest BCUT2D eigenvalue weighted by Gasteiger charge is -2.64. The molecule has 7 heteroatoms. The van der Waals surface area contributed by atoms with Crippen molar-refractivity contribution in [2.24, 2.45) is 40.2 Å². The minimum Gasteiger partial charge on any atom is -0.393 e. The summed E-state index contributed by atoms with van der Waals surface area (Å²) < 4.78 is 11.9. The molecule has 6 N–H and O–H groups in total. The molecule has 0 aromatic rings. The van der Waals surface area contributed by atoms with Crippen LogP contribution in [0.25, 0.3) is 0 Å². The Morgan fingerprint density at radius 1 is 0.912 bits per heavy atom. The van der Waals surface area contributed by atoms with E-state index >= 15 is 0 Å². The van der Waals surface area contributed by atoms with Crippen LogP contribution >= 0.6 is 0 Å². The molecule has 4 saturated carbocycles. The third-order valence-electron chi connectivity index (χ3n) is 11.7. The van der Waals surface area contributed by atoms with Gasteiger partial charge < -0.3 is 35.6 Å². The van der Waals surface area contributed by atoms with Gasteiger partial charge >= 0.3 is 0 Å². The summed E-state index contributed by atoms with van der Waals surface area (Å²) in [6, 6.07) is 0. The van der Waals surface area contributed by atoms with Crippen LogP contribution in [-0.2, 0) is 9.47 Å². The molecule has 0 spiro atoms. The summed E-state index contributed by atoms with van der Waals surface area (Å²) >= 11 is 0. The van der Waals surface area contributed by atoms with Crippen molar-refractivity contribution >= 4 is 0 Å². The molecule has 5 rings (SSSR count). The van der Waals surface area contributed by atoms with Crippen LogP contribution in [0.15, 0.2) is 0 Å². The Labute approximate surface area is 204 Å². The highest BCUT2D eigenvalue weighted by Gasteiger charge is 2.66. The predicted molar refractivity (Wildman–Crippen MR) is 128 cm³/mol. The van der Waals surface area contributed by atoms with Gasteiger partial charge in [0, 0.05) is 5.54 Å². The Balaban J connectivity index is 1.29. The van der Waals surface area contributed by atoms with Gasteiger partial charge in [0.25, 0.3) is 0 Å². The van der Waals surface area contributed by atoms with Gasteiger partial charge in [0.1, 0.15) is 18.3 Å². The molecule has 0 aromatic carbocycles. The zero-order valence-corrected chi connectivity index (χ0v) is 21.4. The molecule has 5 fully saturated rings. The highest BCUT2D eigenvalue weighted by Crippen LogP contribution is 2.68. The van der Waals surface area contributed by atoms with Crippen molar-refractivity contribution in [1.29, 1.82) is 0 Å². The van der Waals surface area contributed by atoms with Crippen LogP contribution in [-0.4, -0.2) is 68.9 Å². The smallest absolute Gasteiger partial charge is 0.186 e. The molecule has 14 atom stereocenters. The van der Waals surface area contributed by atoms with Crippen molar-refractivity contribution < 1.29 is 29.9 Å². The van der Waals surface area contributed by atoms with E-state index in [0.29, 0.717) is 23.7 Å². The highest BCUT2D eigenvalue weighted by molar-refractivity contribution is 5.19. The maximum atomic E-state index is 10.5. The molecule has 5 aliphatic rings. The van der Waals surface area contributed by atoms with Gasteiger partial charge in [0.15, 0.2) is 6.29 Å². The van der Waals surface area contributed by atoms with E-state index in [9.17, 15) is 20.4 Å². The standard InChI is InChI=1S/C27H47NO6/c1-14(29)18-9-12-27(28)20-6-5-16-13-17(34-24-23(32)22(31)21(30)15(2)33-24)7-10-25(16,3)19(20)8-11-26(18,27)4/h14-24,29-32H,5-13,28H2,1-4H3/t14-,15-,16-,17+,18+,19?,20?,21-,22+,23+,24-,25-,26+,27+/m0/s1. The van der Waals surface area contributed by atoms with E-state index in [1.807, 2.05) is 6.92 Å². The largest absolute Gasteiger partial charge is 0.393 e. The molecule has 34 heavy (non-hydrogen) atoms. The Morgan fingerprint density at radius 2 is 1.65 bits per heavy atom. The van der Waals surface area contributed by atoms with E-state index in [2.05, 4.69) is 13.8 Å². The number of rotatable bonds is 3. The van der Waals surface area contributed by atoms with Crippen molar-refractivity contribution in [2.45, 2.75) is 134 Å². The summed E-state index contributed by atoms with van der Waals surface area (Å²) in [4.78, 5) is 0. The minimum atomic E-state index is -1.26. The molecule has 0 amide bonds. The van der Waals surface area contributed by atoms with Gasteiger partial charge in [-0.3, -0.25) is 0 Å². The van der Waals surface area contributed by atoms with Crippen LogP contribution in [0.1, 0.15) is 85.5 Å². The third kappa shape index (κ3) is 3.56.